The lowest BCUT2D eigenvalue weighted by Crippen LogP contribution is -2.23. The van der Waals surface area contributed by atoms with Crippen LogP contribution in [0.5, 0.6) is 0 Å². The maximum Gasteiger partial charge on any atom is 0.0721 e. The van der Waals surface area contributed by atoms with Crippen LogP contribution in [-0.2, 0) is 0 Å². The number of rotatable bonds is 5. The highest BCUT2D eigenvalue weighted by Crippen LogP contribution is 2.25. The van der Waals surface area contributed by atoms with Gasteiger partial charge in [-0.25, -0.2) is 0 Å². The van der Waals surface area contributed by atoms with Crippen LogP contribution in [0.4, 0.5) is 0 Å². The minimum Gasteiger partial charge on any atom is -0.305 e. The first kappa shape index (κ1) is 12.1. The maximum absolute atomic E-state index is 4.21. The van der Waals surface area contributed by atoms with Gasteiger partial charge >= 0.3 is 0 Å². The first-order valence-electron chi connectivity index (χ1n) is 5.74. The summed E-state index contributed by atoms with van der Waals surface area (Å²) in [5.74, 6) is 0. The van der Waals surface area contributed by atoms with Gasteiger partial charge in [0.05, 0.1) is 17.1 Å². The molecule has 0 amide bonds. The largest absolute Gasteiger partial charge is 0.305 e. The summed E-state index contributed by atoms with van der Waals surface area (Å²) in [7, 11) is 0. The first-order valence-corrected chi connectivity index (χ1v) is 6.51. The minimum atomic E-state index is 0.156. The van der Waals surface area contributed by atoms with Crippen molar-refractivity contribution in [3.8, 4) is 0 Å². The molecule has 90 valence electrons. The van der Waals surface area contributed by atoms with Crippen LogP contribution in [-0.4, -0.2) is 21.1 Å². The summed E-state index contributed by atoms with van der Waals surface area (Å²) in [6, 6.07) is 2.19. The molecule has 1 unspecified atom stereocenters. The second-order valence-corrected chi connectivity index (χ2v) is 4.76. The molecule has 0 fully saturated rings. The molecule has 1 atom stereocenters. The van der Waals surface area contributed by atoms with Gasteiger partial charge in [0.25, 0.3) is 0 Å². The van der Waals surface area contributed by atoms with Crippen molar-refractivity contribution in [1.82, 2.24) is 19.9 Å². The van der Waals surface area contributed by atoms with Crippen molar-refractivity contribution in [3.05, 3.63) is 40.7 Å². The molecule has 2 rings (SSSR count). The summed E-state index contributed by atoms with van der Waals surface area (Å²) >= 11 is 1.43. The quantitative estimate of drug-likeness (QED) is 0.882. The molecule has 0 bridgehead atoms. The number of nitrogens with zero attached hydrogens (tertiary/aromatic N) is 3. The molecular formula is C12H16N4S. The lowest BCUT2D eigenvalue weighted by Gasteiger charge is -2.18. The molecule has 0 aromatic carbocycles. The van der Waals surface area contributed by atoms with Crippen LogP contribution in [0.15, 0.2) is 24.7 Å². The third kappa shape index (κ3) is 2.87. The Morgan fingerprint density at radius 2 is 2.29 bits per heavy atom. The fourth-order valence-electron chi connectivity index (χ4n) is 1.73. The fourth-order valence-corrected chi connectivity index (χ4v) is 2.33. The Hall–Kier alpha value is -1.33. The topological polar surface area (TPSA) is 50.7 Å². The Labute approximate surface area is 105 Å². The number of nitrogens with one attached hydrogen (secondary N) is 1. The van der Waals surface area contributed by atoms with E-state index in [1.165, 1.54) is 22.7 Å². The van der Waals surface area contributed by atoms with Crippen LogP contribution < -0.4 is 5.32 Å². The van der Waals surface area contributed by atoms with E-state index in [4.69, 9.17) is 0 Å². The van der Waals surface area contributed by atoms with Crippen molar-refractivity contribution < 1.29 is 0 Å². The summed E-state index contributed by atoms with van der Waals surface area (Å²) in [4.78, 5) is 5.34. The van der Waals surface area contributed by atoms with Gasteiger partial charge in [0.2, 0.25) is 0 Å². The molecule has 1 N–H and O–H groups in total. The number of hydrogen-bond donors (Lipinski definition) is 1. The Kier molecular flexibility index (Phi) is 4.17. The van der Waals surface area contributed by atoms with Crippen LogP contribution >= 0.6 is 11.5 Å². The van der Waals surface area contributed by atoms with Crippen molar-refractivity contribution in [2.24, 2.45) is 0 Å². The van der Waals surface area contributed by atoms with E-state index in [1.807, 2.05) is 24.7 Å². The second-order valence-electron chi connectivity index (χ2n) is 3.94. The lowest BCUT2D eigenvalue weighted by atomic mass is 10.0. The number of aryl methyl sites for hydroxylation is 1. The summed E-state index contributed by atoms with van der Waals surface area (Å²) in [6.07, 6.45) is 6.66. The Morgan fingerprint density at radius 1 is 1.41 bits per heavy atom. The van der Waals surface area contributed by atoms with Gasteiger partial charge in [0.1, 0.15) is 0 Å². The molecule has 2 aromatic heterocycles. The Balaban J connectivity index is 2.30. The molecule has 0 radical (unpaired) electrons. The standard InChI is InChI=1S/C12H16N4S/c1-3-5-14-12(11-8-15-16-17-11)10-7-13-6-4-9(10)2/h4,6-8,12,14H,3,5H2,1-2H3. The van der Waals surface area contributed by atoms with Gasteiger partial charge in [-0.3, -0.25) is 4.98 Å². The average molecular weight is 248 g/mol. The zero-order valence-electron chi connectivity index (χ0n) is 10.1. The number of hydrogen-bond acceptors (Lipinski definition) is 5. The van der Waals surface area contributed by atoms with Crippen molar-refractivity contribution in [2.75, 3.05) is 6.54 Å². The van der Waals surface area contributed by atoms with E-state index in [0.29, 0.717) is 0 Å². The summed E-state index contributed by atoms with van der Waals surface area (Å²) in [6.45, 7) is 5.23. The number of pyridine rings is 1. The molecule has 0 saturated heterocycles. The lowest BCUT2D eigenvalue weighted by molar-refractivity contribution is 0.601. The average Bonchev–Trinajstić information content (AvgIpc) is 2.85. The Bertz CT molecular complexity index is 455. The van der Waals surface area contributed by atoms with E-state index in [-0.39, 0.29) is 6.04 Å². The smallest absolute Gasteiger partial charge is 0.0721 e. The fraction of sp³-hybridized carbons (Fsp3) is 0.417. The first-order chi connectivity index (χ1) is 8.33. The highest BCUT2D eigenvalue weighted by molar-refractivity contribution is 7.05. The Morgan fingerprint density at radius 3 is 2.94 bits per heavy atom. The van der Waals surface area contributed by atoms with Gasteiger partial charge < -0.3 is 5.32 Å². The minimum absolute atomic E-state index is 0.156. The molecule has 0 aliphatic rings. The molecule has 0 aliphatic heterocycles. The van der Waals surface area contributed by atoms with Gasteiger partial charge in [0, 0.05) is 12.4 Å². The van der Waals surface area contributed by atoms with Crippen LogP contribution in [0.3, 0.4) is 0 Å². The third-order valence-electron chi connectivity index (χ3n) is 2.65. The van der Waals surface area contributed by atoms with Crippen LogP contribution in [0, 0.1) is 6.92 Å². The van der Waals surface area contributed by atoms with Crippen molar-refractivity contribution in [3.63, 3.8) is 0 Å². The summed E-state index contributed by atoms with van der Waals surface area (Å²) < 4.78 is 3.94. The molecule has 5 heteroatoms. The van der Waals surface area contributed by atoms with E-state index < -0.39 is 0 Å². The van der Waals surface area contributed by atoms with Crippen LogP contribution in [0.25, 0.3) is 0 Å². The van der Waals surface area contributed by atoms with Gasteiger partial charge in [-0.15, -0.1) is 5.10 Å². The van der Waals surface area contributed by atoms with Crippen molar-refractivity contribution in [2.45, 2.75) is 26.3 Å². The van der Waals surface area contributed by atoms with Crippen molar-refractivity contribution in [1.29, 1.82) is 0 Å². The molecule has 0 saturated carbocycles. The molecule has 0 spiro atoms. The molecular weight excluding hydrogens is 232 g/mol. The number of aromatic nitrogens is 3. The highest BCUT2D eigenvalue weighted by Gasteiger charge is 2.17. The van der Waals surface area contributed by atoms with Crippen LogP contribution in [0.1, 0.15) is 35.4 Å². The zero-order valence-corrected chi connectivity index (χ0v) is 10.9. The van der Waals surface area contributed by atoms with Gasteiger partial charge in [-0.05, 0) is 48.6 Å². The molecule has 4 nitrogen and oxygen atoms in total. The van der Waals surface area contributed by atoms with E-state index in [1.54, 1.807) is 0 Å². The van der Waals surface area contributed by atoms with Gasteiger partial charge in [-0.1, -0.05) is 11.4 Å². The van der Waals surface area contributed by atoms with Gasteiger partial charge in [-0.2, -0.15) is 0 Å². The molecule has 0 aliphatic carbocycles. The van der Waals surface area contributed by atoms with E-state index in [2.05, 4.69) is 33.7 Å². The van der Waals surface area contributed by atoms with E-state index in [0.717, 1.165) is 17.8 Å². The van der Waals surface area contributed by atoms with E-state index in [9.17, 15) is 0 Å². The predicted octanol–water partition coefficient (Wildman–Crippen LogP) is 2.33. The molecule has 17 heavy (non-hydrogen) atoms. The molecule has 2 aromatic rings. The third-order valence-corrected chi connectivity index (χ3v) is 3.38. The second kappa shape index (κ2) is 5.84. The summed E-state index contributed by atoms with van der Waals surface area (Å²) in [5, 5.41) is 7.43. The predicted molar refractivity (Wildman–Crippen MR) is 69.0 cm³/mol. The summed E-state index contributed by atoms with van der Waals surface area (Å²) in [5.41, 5.74) is 2.44. The SMILES string of the molecule is CCCNC(c1cnns1)c1cnccc1C. The maximum atomic E-state index is 4.21. The molecule has 2 heterocycles. The van der Waals surface area contributed by atoms with Gasteiger partial charge in [0.15, 0.2) is 0 Å². The van der Waals surface area contributed by atoms with Crippen LogP contribution in [0.2, 0.25) is 0 Å². The zero-order chi connectivity index (χ0) is 12.1. The highest BCUT2D eigenvalue weighted by atomic mass is 32.1. The van der Waals surface area contributed by atoms with Crippen molar-refractivity contribution >= 4 is 11.5 Å². The van der Waals surface area contributed by atoms with E-state index >= 15 is 0 Å². The normalized spacial score (nSPS) is 12.6. The monoisotopic (exact) mass is 248 g/mol.